The van der Waals surface area contributed by atoms with E-state index in [0.29, 0.717) is 23.6 Å². The number of nitrogens with one attached hydrogen (secondary N) is 1. The number of anilines is 1. The first kappa shape index (κ1) is 19.5. The average molecular weight is 355 g/mol. The van der Waals surface area contributed by atoms with Gasteiger partial charge in [-0.05, 0) is 81.6 Å². The molecule has 0 radical (unpaired) electrons. The van der Waals surface area contributed by atoms with Crippen molar-refractivity contribution in [2.75, 3.05) is 11.9 Å². The highest BCUT2D eigenvalue weighted by molar-refractivity contribution is 5.96. The van der Waals surface area contributed by atoms with Crippen LogP contribution in [0.2, 0.25) is 0 Å². The van der Waals surface area contributed by atoms with Gasteiger partial charge in [-0.25, -0.2) is 4.79 Å². The second-order valence-electron chi connectivity index (χ2n) is 6.32. The van der Waals surface area contributed by atoms with E-state index in [0.717, 1.165) is 16.7 Å². The van der Waals surface area contributed by atoms with E-state index in [1.807, 2.05) is 39.0 Å². The molecule has 2 aromatic rings. The molecule has 2 rings (SSSR count). The molecule has 0 aliphatic heterocycles. The van der Waals surface area contributed by atoms with Crippen LogP contribution in [0.4, 0.5) is 5.69 Å². The molecule has 0 heterocycles. The largest absolute Gasteiger partial charge is 0.481 e. The number of hydrogen-bond donors (Lipinski definition) is 1. The van der Waals surface area contributed by atoms with Crippen molar-refractivity contribution in [3.05, 3.63) is 58.7 Å². The lowest BCUT2D eigenvalue weighted by atomic mass is 10.1. The lowest BCUT2D eigenvalue weighted by molar-refractivity contribution is -0.122. The monoisotopic (exact) mass is 355 g/mol. The quantitative estimate of drug-likeness (QED) is 0.789. The molecule has 0 bridgehead atoms. The van der Waals surface area contributed by atoms with Crippen LogP contribution in [-0.2, 0) is 9.53 Å². The highest BCUT2D eigenvalue weighted by Crippen LogP contribution is 2.20. The van der Waals surface area contributed by atoms with Gasteiger partial charge in [-0.2, -0.15) is 0 Å². The first-order valence-corrected chi connectivity index (χ1v) is 8.63. The zero-order chi connectivity index (χ0) is 19.3. The van der Waals surface area contributed by atoms with E-state index in [2.05, 4.69) is 5.32 Å². The molecular formula is C21H25NO4. The number of carbonyl (C=O) groups is 2. The number of hydrogen-bond acceptors (Lipinski definition) is 4. The van der Waals surface area contributed by atoms with Crippen molar-refractivity contribution in [3.8, 4) is 5.75 Å². The number of aryl methyl sites for hydroxylation is 3. The molecule has 0 aliphatic carbocycles. The van der Waals surface area contributed by atoms with Crippen LogP contribution in [0, 0.1) is 20.8 Å². The molecule has 1 N–H and O–H groups in total. The maximum atomic E-state index is 12.4. The Morgan fingerprint density at radius 1 is 1.04 bits per heavy atom. The first-order chi connectivity index (χ1) is 12.3. The van der Waals surface area contributed by atoms with E-state index in [1.54, 1.807) is 32.0 Å². The van der Waals surface area contributed by atoms with E-state index in [-0.39, 0.29) is 11.9 Å². The van der Waals surface area contributed by atoms with Crippen molar-refractivity contribution in [3.63, 3.8) is 0 Å². The smallest absolute Gasteiger partial charge is 0.338 e. The van der Waals surface area contributed by atoms with Gasteiger partial charge >= 0.3 is 5.97 Å². The number of carbonyl (C=O) groups excluding carboxylic acids is 2. The van der Waals surface area contributed by atoms with Crippen LogP contribution in [0.15, 0.2) is 36.4 Å². The van der Waals surface area contributed by atoms with Gasteiger partial charge in [0.2, 0.25) is 0 Å². The molecule has 5 nitrogen and oxygen atoms in total. The number of rotatable bonds is 6. The minimum Gasteiger partial charge on any atom is -0.481 e. The summed E-state index contributed by atoms with van der Waals surface area (Å²) in [5.74, 6) is 0.0377. The lowest BCUT2D eigenvalue weighted by Crippen LogP contribution is -2.30. The Morgan fingerprint density at radius 3 is 2.27 bits per heavy atom. The minimum absolute atomic E-state index is 0.254. The van der Waals surface area contributed by atoms with Gasteiger partial charge < -0.3 is 14.8 Å². The summed E-state index contributed by atoms with van der Waals surface area (Å²) in [5, 5.41) is 2.84. The van der Waals surface area contributed by atoms with Crippen molar-refractivity contribution in [1.82, 2.24) is 0 Å². The Hall–Kier alpha value is -2.82. The third-order valence-corrected chi connectivity index (χ3v) is 3.87. The highest BCUT2D eigenvalue weighted by atomic mass is 16.5. The maximum Gasteiger partial charge on any atom is 0.338 e. The first-order valence-electron chi connectivity index (χ1n) is 8.63. The van der Waals surface area contributed by atoms with Gasteiger partial charge in [-0.1, -0.05) is 6.07 Å². The number of amides is 1. The minimum atomic E-state index is -0.652. The zero-order valence-corrected chi connectivity index (χ0v) is 15.9. The van der Waals surface area contributed by atoms with Crippen molar-refractivity contribution in [2.45, 2.75) is 40.7 Å². The predicted octanol–water partition coefficient (Wildman–Crippen LogP) is 4.19. The van der Waals surface area contributed by atoms with E-state index in [4.69, 9.17) is 9.47 Å². The molecule has 1 amide bonds. The van der Waals surface area contributed by atoms with E-state index >= 15 is 0 Å². The van der Waals surface area contributed by atoms with E-state index < -0.39 is 6.10 Å². The lowest BCUT2D eigenvalue weighted by Gasteiger charge is -2.17. The van der Waals surface area contributed by atoms with Gasteiger partial charge in [0.05, 0.1) is 12.2 Å². The maximum absolute atomic E-state index is 12.4. The van der Waals surface area contributed by atoms with Crippen LogP contribution in [0.1, 0.15) is 40.9 Å². The fourth-order valence-corrected chi connectivity index (χ4v) is 2.64. The summed E-state index contributed by atoms with van der Waals surface area (Å²) in [6, 6.07) is 10.9. The number of ether oxygens (including phenoxy) is 2. The van der Waals surface area contributed by atoms with Gasteiger partial charge in [0.25, 0.3) is 5.91 Å². The van der Waals surface area contributed by atoms with Crippen LogP contribution < -0.4 is 10.1 Å². The molecule has 0 spiro atoms. The van der Waals surface area contributed by atoms with Gasteiger partial charge in [-0.3, -0.25) is 4.79 Å². The number of benzene rings is 2. The molecule has 0 aromatic heterocycles. The molecule has 2 aromatic carbocycles. The van der Waals surface area contributed by atoms with Crippen molar-refractivity contribution in [2.24, 2.45) is 0 Å². The summed E-state index contributed by atoms with van der Waals surface area (Å²) in [6.07, 6.45) is -0.652. The van der Waals surface area contributed by atoms with Crippen molar-refractivity contribution in [1.29, 1.82) is 0 Å². The van der Waals surface area contributed by atoms with Crippen LogP contribution in [-0.4, -0.2) is 24.6 Å². The number of esters is 1. The molecule has 0 fully saturated rings. The molecular weight excluding hydrogens is 330 g/mol. The average Bonchev–Trinajstić information content (AvgIpc) is 2.55. The highest BCUT2D eigenvalue weighted by Gasteiger charge is 2.17. The zero-order valence-electron chi connectivity index (χ0n) is 15.9. The van der Waals surface area contributed by atoms with Gasteiger partial charge in [0, 0.05) is 5.69 Å². The fourth-order valence-electron chi connectivity index (χ4n) is 2.64. The van der Waals surface area contributed by atoms with Crippen LogP contribution in [0.3, 0.4) is 0 Å². The molecule has 0 saturated carbocycles. The normalized spacial score (nSPS) is 11.6. The van der Waals surface area contributed by atoms with Crippen molar-refractivity contribution < 1.29 is 19.1 Å². The standard InChI is InChI=1S/C21H25NO4/c1-6-25-21(24)17-7-8-19(15(4)12-17)22-20(23)16(5)26-18-10-13(2)9-14(3)11-18/h7-12,16H,6H2,1-5H3,(H,22,23)/t16-/m0/s1. The summed E-state index contributed by atoms with van der Waals surface area (Å²) in [4.78, 5) is 24.2. The SMILES string of the molecule is CCOC(=O)c1ccc(NC(=O)[C@H](C)Oc2cc(C)cc(C)c2)c(C)c1. The predicted molar refractivity (Wildman–Crippen MR) is 102 cm³/mol. The van der Waals surface area contributed by atoms with Crippen LogP contribution in [0.5, 0.6) is 5.75 Å². The van der Waals surface area contributed by atoms with Gasteiger partial charge in [-0.15, -0.1) is 0 Å². The van der Waals surface area contributed by atoms with E-state index in [1.165, 1.54) is 0 Å². The molecule has 0 saturated heterocycles. The Kier molecular flexibility index (Phi) is 6.39. The molecule has 5 heteroatoms. The molecule has 0 aliphatic rings. The third-order valence-electron chi connectivity index (χ3n) is 3.87. The Labute approximate surface area is 154 Å². The molecule has 138 valence electrons. The molecule has 1 atom stereocenters. The fraction of sp³-hybridized carbons (Fsp3) is 0.333. The van der Waals surface area contributed by atoms with Crippen LogP contribution in [0.25, 0.3) is 0 Å². The molecule has 0 unspecified atom stereocenters. The topological polar surface area (TPSA) is 64.6 Å². The van der Waals surface area contributed by atoms with E-state index in [9.17, 15) is 9.59 Å². The summed E-state index contributed by atoms with van der Waals surface area (Å²) in [7, 11) is 0. The Balaban J connectivity index is 2.05. The van der Waals surface area contributed by atoms with Gasteiger partial charge in [0.15, 0.2) is 6.10 Å². The van der Waals surface area contributed by atoms with Gasteiger partial charge in [0.1, 0.15) is 5.75 Å². The summed E-state index contributed by atoms with van der Waals surface area (Å²) < 4.78 is 10.7. The second-order valence-corrected chi connectivity index (χ2v) is 6.32. The summed E-state index contributed by atoms with van der Waals surface area (Å²) in [6.45, 7) is 9.58. The van der Waals surface area contributed by atoms with Crippen LogP contribution >= 0.6 is 0 Å². The van der Waals surface area contributed by atoms with Crippen molar-refractivity contribution >= 4 is 17.6 Å². The Morgan fingerprint density at radius 2 is 1.69 bits per heavy atom. The molecule has 26 heavy (non-hydrogen) atoms. The third kappa shape index (κ3) is 5.09. The second kappa shape index (κ2) is 8.52. The summed E-state index contributed by atoms with van der Waals surface area (Å²) >= 11 is 0. The summed E-state index contributed by atoms with van der Waals surface area (Å²) in [5.41, 5.74) is 4.04. The Bertz CT molecular complexity index is 793.